The number of benzene rings is 1. The topological polar surface area (TPSA) is 52.7 Å². The fourth-order valence-electron chi connectivity index (χ4n) is 3.52. The molecule has 1 aromatic carbocycles. The van der Waals surface area contributed by atoms with E-state index >= 15 is 0 Å². The summed E-state index contributed by atoms with van der Waals surface area (Å²) in [6, 6.07) is 8.01. The van der Waals surface area contributed by atoms with Gasteiger partial charge in [-0.2, -0.15) is 0 Å². The lowest BCUT2D eigenvalue weighted by Crippen LogP contribution is -2.49. The summed E-state index contributed by atoms with van der Waals surface area (Å²) in [7, 11) is 0. The number of anilines is 1. The van der Waals surface area contributed by atoms with Gasteiger partial charge in [0.2, 0.25) is 11.8 Å². The second-order valence-corrected chi connectivity index (χ2v) is 8.29. The van der Waals surface area contributed by atoms with Gasteiger partial charge in [0.15, 0.2) is 0 Å². The molecule has 0 saturated carbocycles. The Balaban J connectivity index is 1.53. The van der Waals surface area contributed by atoms with Crippen molar-refractivity contribution in [1.82, 2.24) is 10.2 Å². The van der Waals surface area contributed by atoms with Crippen LogP contribution < -0.4 is 10.2 Å². The second kappa shape index (κ2) is 8.23. The molecule has 2 aliphatic heterocycles. The zero-order valence-electron chi connectivity index (χ0n) is 15.0. The lowest BCUT2D eigenvalue weighted by atomic mass is 10.0. The monoisotopic (exact) mass is 361 g/mol. The fourth-order valence-corrected chi connectivity index (χ4v) is 4.46. The van der Waals surface area contributed by atoms with Crippen molar-refractivity contribution in [1.29, 1.82) is 0 Å². The maximum atomic E-state index is 12.5. The summed E-state index contributed by atoms with van der Waals surface area (Å²) in [6.07, 6.45) is 1.97. The Labute approximate surface area is 154 Å². The van der Waals surface area contributed by atoms with Crippen LogP contribution >= 0.6 is 11.8 Å². The number of likely N-dealkylation sites (tertiary alicyclic amines) is 1. The summed E-state index contributed by atoms with van der Waals surface area (Å²) in [5.41, 5.74) is 0.852. The highest BCUT2D eigenvalue weighted by Gasteiger charge is 2.27. The van der Waals surface area contributed by atoms with E-state index in [1.54, 1.807) is 4.90 Å². The number of nitrogens with one attached hydrogen (secondary N) is 1. The maximum absolute atomic E-state index is 12.5. The first kappa shape index (κ1) is 18.3. The molecule has 1 saturated heterocycles. The molecule has 3 rings (SSSR count). The van der Waals surface area contributed by atoms with E-state index in [2.05, 4.69) is 24.1 Å². The summed E-state index contributed by atoms with van der Waals surface area (Å²) < 4.78 is 0. The van der Waals surface area contributed by atoms with E-state index in [1.165, 1.54) is 11.8 Å². The van der Waals surface area contributed by atoms with Crippen LogP contribution in [0.5, 0.6) is 0 Å². The van der Waals surface area contributed by atoms with E-state index in [0.29, 0.717) is 11.7 Å². The van der Waals surface area contributed by atoms with Crippen molar-refractivity contribution in [3.05, 3.63) is 24.3 Å². The van der Waals surface area contributed by atoms with Crippen molar-refractivity contribution in [2.75, 3.05) is 36.8 Å². The summed E-state index contributed by atoms with van der Waals surface area (Å²) in [4.78, 5) is 29.9. The van der Waals surface area contributed by atoms with Crippen molar-refractivity contribution in [3.8, 4) is 0 Å². The van der Waals surface area contributed by atoms with Crippen LogP contribution in [0.3, 0.4) is 0 Å². The highest BCUT2D eigenvalue weighted by Crippen LogP contribution is 2.34. The highest BCUT2D eigenvalue weighted by atomic mass is 32.2. The van der Waals surface area contributed by atoms with Gasteiger partial charge in [-0.05, 0) is 30.9 Å². The number of hydrogen-bond acceptors (Lipinski definition) is 4. The molecule has 0 aromatic heterocycles. The van der Waals surface area contributed by atoms with Crippen LogP contribution in [-0.2, 0) is 9.59 Å². The third kappa shape index (κ3) is 4.76. The predicted molar refractivity (Wildman–Crippen MR) is 102 cm³/mol. The Morgan fingerprint density at radius 2 is 2.00 bits per heavy atom. The van der Waals surface area contributed by atoms with Gasteiger partial charge >= 0.3 is 0 Å². The largest absolute Gasteiger partial charge is 0.352 e. The van der Waals surface area contributed by atoms with E-state index in [1.807, 2.05) is 24.3 Å². The summed E-state index contributed by atoms with van der Waals surface area (Å²) in [6.45, 7) is 7.77. The zero-order valence-corrected chi connectivity index (χ0v) is 15.8. The van der Waals surface area contributed by atoms with Crippen LogP contribution in [0.4, 0.5) is 5.69 Å². The first-order valence-corrected chi connectivity index (χ1v) is 10.1. The minimum atomic E-state index is -0.0580. The normalized spacial score (nSPS) is 19.2. The van der Waals surface area contributed by atoms with Crippen LogP contribution in [0.1, 0.15) is 26.7 Å². The Hall–Kier alpha value is -1.53. The molecule has 5 nitrogen and oxygen atoms in total. The summed E-state index contributed by atoms with van der Waals surface area (Å²) in [5, 5.41) is 3.13. The third-order valence-electron chi connectivity index (χ3n) is 4.69. The Morgan fingerprint density at radius 3 is 2.72 bits per heavy atom. The van der Waals surface area contributed by atoms with Gasteiger partial charge in [-0.15, -0.1) is 11.8 Å². The molecule has 2 aliphatic rings. The summed E-state index contributed by atoms with van der Waals surface area (Å²) in [5.74, 6) is 1.02. The molecular weight excluding hydrogens is 334 g/mol. The van der Waals surface area contributed by atoms with Gasteiger partial charge < -0.3 is 15.1 Å². The average Bonchev–Trinajstić information content (AvgIpc) is 2.59. The molecule has 6 heteroatoms. The second-order valence-electron chi connectivity index (χ2n) is 7.27. The molecular formula is C19H27N3O2S. The minimum Gasteiger partial charge on any atom is -0.352 e. The van der Waals surface area contributed by atoms with Crippen molar-refractivity contribution >= 4 is 29.3 Å². The van der Waals surface area contributed by atoms with Gasteiger partial charge in [0.05, 0.1) is 11.4 Å². The molecule has 25 heavy (non-hydrogen) atoms. The van der Waals surface area contributed by atoms with E-state index in [-0.39, 0.29) is 24.4 Å². The van der Waals surface area contributed by atoms with Crippen LogP contribution in [0.25, 0.3) is 0 Å². The third-order valence-corrected chi connectivity index (χ3v) is 5.73. The van der Waals surface area contributed by atoms with Gasteiger partial charge in [-0.25, -0.2) is 0 Å². The van der Waals surface area contributed by atoms with Crippen molar-refractivity contribution < 1.29 is 9.59 Å². The molecule has 1 fully saturated rings. The first-order valence-electron chi connectivity index (χ1n) is 9.07. The van der Waals surface area contributed by atoms with E-state index in [4.69, 9.17) is 0 Å². The number of piperidine rings is 1. The van der Waals surface area contributed by atoms with Crippen LogP contribution in [0, 0.1) is 5.92 Å². The average molecular weight is 362 g/mol. The Bertz CT molecular complexity index is 627. The van der Waals surface area contributed by atoms with Crippen molar-refractivity contribution in [2.24, 2.45) is 5.92 Å². The molecule has 0 radical (unpaired) electrons. The number of para-hydroxylation sites is 1. The van der Waals surface area contributed by atoms with Gasteiger partial charge in [0, 0.05) is 30.6 Å². The molecule has 0 bridgehead atoms. The van der Waals surface area contributed by atoms with E-state index in [0.717, 1.165) is 43.1 Å². The number of amides is 2. The number of carbonyl (C=O) groups is 2. The molecule has 2 amide bonds. The molecule has 0 aliphatic carbocycles. The Kier molecular flexibility index (Phi) is 6.02. The van der Waals surface area contributed by atoms with Crippen LogP contribution in [0.2, 0.25) is 0 Å². The SMILES string of the molecule is CC(C)CN1CCC(NC(=O)CN2C(=O)CSc3ccccc32)CC1. The summed E-state index contributed by atoms with van der Waals surface area (Å²) >= 11 is 1.54. The lowest BCUT2D eigenvalue weighted by Gasteiger charge is -2.34. The standard InChI is InChI=1S/C19H27N3O2S/c1-14(2)11-21-9-7-15(8-10-21)20-18(23)12-22-16-5-3-4-6-17(16)25-13-19(22)24/h3-6,14-15H,7-13H2,1-2H3,(H,20,23). The van der Waals surface area contributed by atoms with Crippen LogP contribution in [-0.4, -0.2) is 54.7 Å². The van der Waals surface area contributed by atoms with Gasteiger partial charge in [-0.3, -0.25) is 9.59 Å². The molecule has 2 heterocycles. The van der Waals surface area contributed by atoms with Crippen molar-refractivity contribution in [3.63, 3.8) is 0 Å². The number of thioether (sulfide) groups is 1. The van der Waals surface area contributed by atoms with Crippen molar-refractivity contribution in [2.45, 2.75) is 37.6 Å². The van der Waals surface area contributed by atoms with E-state index in [9.17, 15) is 9.59 Å². The highest BCUT2D eigenvalue weighted by molar-refractivity contribution is 8.00. The molecule has 1 N–H and O–H groups in total. The predicted octanol–water partition coefficient (Wildman–Crippen LogP) is 2.36. The number of rotatable bonds is 5. The van der Waals surface area contributed by atoms with Gasteiger partial charge in [-0.1, -0.05) is 26.0 Å². The molecule has 0 spiro atoms. The molecule has 1 aromatic rings. The Morgan fingerprint density at radius 1 is 1.28 bits per heavy atom. The molecule has 0 atom stereocenters. The van der Waals surface area contributed by atoms with Crippen LogP contribution in [0.15, 0.2) is 29.2 Å². The van der Waals surface area contributed by atoms with Gasteiger partial charge in [0.25, 0.3) is 0 Å². The quantitative estimate of drug-likeness (QED) is 0.875. The minimum absolute atomic E-state index is 0.00519. The number of nitrogens with zero attached hydrogens (tertiary/aromatic N) is 2. The number of fused-ring (bicyclic) bond motifs is 1. The molecule has 136 valence electrons. The van der Waals surface area contributed by atoms with E-state index < -0.39 is 0 Å². The smallest absolute Gasteiger partial charge is 0.240 e. The molecule has 0 unspecified atom stereocenters. The van der Waals surface area contributed by atoms with Gasteiger partial charge in [0.1, 0.15) is 6.54 Å². The number of hydrogen-bond donors (Lipinski definition) is 1. The number of carbonyl (C=O) groups excluding carboxylic acids is 2. The first-order chi connectivity index (χ1) is 12.0. The fraction of sp³-hybridized carbons (Fsp3) is 0.579. The lowest BCUT2D eigenvalue weighted by molar-refractivity contribution is -0.123. The maximum Gasteiger partial charge on any atom is 0.240 e. The zero-order chi connectivity index (χ0) is 17.8.